The lowest BCUT2D eigenvalue weighted by Crippen LogP contribution is -2.36. The minimum absolute atomic E-state index is 0.231. The van der Waals surface area contributed by atoms with Crippen LogP contribution in [-0.4, -0.2) is 77.7 Å². The van der Waals surface area contributed by atoms with Gasteiger partial charge in [-0.15, -0.1) is 11.3 Å². The quantitative estimate of drug-likeness (QED) is 0.280. The van der Waals surface area contributed by atoms with E-state index in [1.54, 1.807) is 37.8 Å². The van der Waals surface area contributed by atoms with Crippen LogP contribution in [0.25, 0.3) is 22.0 Å². The smallest absolute Gasteiger partial charge is 0.258 e. The van der Waals surface area contributed by atoms with Crippen molar-refractivity contribution in [3.05, 3.63) is 59.9 Å². The first-order chi connectivity index (χ1) is 17.4. The van der Waals surface area contributed by atoms with Crippen molar-refractivity contribution in [2.75, 3.05) is 32.1 Å². The van der Waals surface area contributed by atoms with Gasteiger partial charge >= 0.3 is 0 Å². The van der Waals surface area contributed by atoms with Crippen LogP contribution in [-0.2, 0) is 10.4 Å². The summed E-state index contributed by atoms with van der Waals surface area (Å²) >= 11 is 1.43. The first-order valence-corrected chi connectivity index (χ1v) is 12.2. The summed E-state index contributed by atoms with van der Waals surface area (Å²) in [6.07, 6.45) is 5.19. The maximum absolute atomic E-state index is 12.5. The van der Waals surface area contributed by atoms with Crippen LogP contribution in [0.5, 0.6) is 0 Å². The number of rotatable bonds is 8. The van der Waals surface area contributed by atoms with Crippen molar-refractivity contribution in [2.24, 2.45) is 0 Å². The number of anilines is 2. The van der Waals surface area contributed by atoms with Crippen LogP contribution in [0.2, 0.25) is 0 Å². The van der Waals surface area contributed by atoms with Crippen molar-refractivity contribution in [1.82, 2.24) is 29.6 Å². The monoisotopic (exact) mass is 507 g/mol. The summed E-state index contributed by atoms with van der Waals surface area (Å²) in [5, 5.41) is 39.5. The van der Waals surface area contributed by atoms with Gasteiger partial charge in [-0.25, -0.2) is 15.0 Å². The number of nitrogens with one attached hydrogen (secondary N) is 1. The Morgan fingerprint density at radius 1 is 1.19 bits per heavy atom. The van der Waals surface area contributed by atoms with E-state index in [4.69, 9.17) is 4.98 Å². The summed E-state index contributed by atoms with van der Waals surface area (Å²) in [5.41, 5.74) is 1.80. The molecule has 0 radical (unpaired) electrons. The third kappa shape index (κ3) is 4.46. The lowest BCUT2D eigenvalue weighted by atomic mass is 9.90. The number of nitrogens with zero attached hydrogens (tertiary/aromatic N) is 6. The third-order valence-corrected chi connectivity index (χ3v) is 7.04. The Labute approximate surface area is 210 Å². The number of hydrogen-bond acceptors (Lipinski definition) is 10. The Bertz CT molecular complexity index is 1390. The molecule has 1 fully saturated rings. The van der Waals surface area contributed by atoms with Crippen molar-refractivity contribution in [1.29, 1.82) is 0 Å². The topological polar surface area (TPSA) is 150 Å². The number of amides is 1. The molecule has 11 nitrogen and oxygen atoms in total. The lowest BCUT2D eigenvalue weighted by Gasteiger charge is -2.21. The number of carbonyl (C=O) groups excluding carboxylic acids is 1. The molecule has 4 N–H and O–H groups in total. The molecule has 3 aromatic heterocycles. The molecule has 1 amide bonds. The van der Waals surface area contributed by atoms with Crippen LogP contribution in [0.3, 0.4) is 0 Å². The molecule has 4 aromatic rings. The van der Waals surface area contributed by atoms with E-state index in [0.717, 1.165) is 5.56 Å². The van der Waals surface area contributed by atoms with E-state index in [-0.39, 0.29) is 19.1 Å². The van der Waals surface area contributed by atoms with Gasteiger partial charge in [0.1, 0.15) is 10.7 Å². The zero-order valence-electron chi connectivity index (χ0n) is 19.4. The van der Waals surface area contributed by atoms with E-state index in [0.29, 0.717) is 46.6 Å². The summed E-state index contributed by atoms with van der Waals surface area (Å²) in [5.74, 6) is 0.0508. The molecule has 1 saturated heterocycles. The molecule has 0 saturated carbocycles. The summed E-state index contributed by atoms with van der Waals surface area (Å²) in [7, 11) is 1.69. The zero-order valence-corrected chi connectivity index (χ0v) is 20.3. The van der Waals surface area contributed by atoms with Crippen molar-refractivity contribution in [3.8, 4) is 22.0 Å². The lowest BCUT2D eigenvalue weighted by molar-refractivity contribution is -0.143. The Morgan fingerprint density at radius 3 is 2.78 bits per heavy atom. The molecule has 0 bridgehead atoms. The first-order valence-electron chi connectivity index (χ1n) is 11.3. The molecule has 1 aliphatic rings. The van der Waals surface area contributed by atoms with E-state index < -0.39 is 11.6 Å². The Balaban J connectivity index is 1.36. The van der Waals surface area contributed by atoms with Crippen LogP contribution in [0.1, 0.15) is 18.0 Å². The average Bonchev–Trinajstić information content (AvgIpc) is 3.63. The van der Waals surface area contributed by atoms with Crippen molar-refractivity contribution in [3.63, 3.8) is 0 Å². The molecule has 36 heavy (non-hydrogen) atoms. The number of aliphatic hydroxyl groups is 3. The highest BCUT2D eigenvalue weighted by Gasteiger charge is 2.45. The van der Waals surface area contributed by atoms with E-state index in [2.05, 4.69) is 20.4 Å². The highest BCUT2D eigenvalue weighted by molar-refractivity contribution is 7.13. The van der Waals surface area contributed by atoms with Gasteiger partial charge in [-0.05, 0) is 17.7 Å². The normalized spacial score (nSPS) is 17.8. The highest BCUT2D eigenvalue weighted by Crippen LogP contribution is 2.35. The molecular formula is C24H25N7O4S. The van der Waals surface area contributed by atoms with E-state index >= 15 is 0 Å². The van der Waals surface area contributed by atoms with Crippen LogP contribution >= 0.6 is 11.3 Å². The van der Waals surface area contributed by atoms with Crippen LogP contribution in [0.4, 0.5) is 11.6 Å². The Hall–Kier alpha value is -3.71. The van der Waals surface area contributed by atoms with Gasteiger partial charge < -0.3 is 25.5 Å². The van der Waals surface area contributed by atoms with Crippen molar-refractivity contribution < 1.29 is 20.1 Å². The molecule has 12 heteroatoms. The van der Waals surface area contributed by atoms with E-state index in [1.807, 2.05) is 23.6 Å². The van der Waals surface area contributed by atoms with Gasteiger partial charge in [0, 0.05) is 43.4 Å². The van der Waals surface area contributed by atoms with Gasteiger partial charge in [0.15, 0.2) is 5.60 Å². The second kappa shape index (κ2) is 9.74. The largest absolute Gasteiger partial charge is 0.394 e. The maximum Gasteiger partial charge on any atom is 0.258 e. The molecule has 1 unspecified atom stereocenters. The van der Waals surface area contributed by atoms with E-state index in [1.165, 1.54) is 20.9 Å². The SMILES string of the molecule is CN1CCC(O)(c2cccc(-c3csc(-c4ccnc(Nc5cnn(C(CO)CO)c5)n4)n3)c2)C1=O. The number of thiazole rings is 1. The van der Waals surface area contributed by atoms with Crippen LogP contribution < -0.4 is 5.32 Å². The van der Waals surface area contributed by atoms with Gasteiger partial charge in [0.05, 0.1) is 36.8 Å². The van der Waals surface area contributed by atoms with Gasteiger partial charge in [-0.2, -0.15) is 5.10 Å². The first kappa shape index (κ1) is 24.0. The molecule has 1 aliphatic heterocycles. The minimum Gasteiger partial charge on any atom is -0.394 e. The highest BCUT2D eigenvalue weighted by atomic mass is 32.1. The number of aliphatic hydroxyl groups excluding tert-OH is 2. The summed E-state index contributed by atoms with van der Waals surface area (Å²) < 4.78 is 1.47. The Morgan fingerprint density at radius 2 is 2.03 bits per heavy atom. The third-order valence-electron chi connectivity index (χ3n) is 6.18. The number of likely N-dealkylation sites (N-methyl/N-ethyl adjacent to an activating group) is 1. The molecule has 1 aromatic carbocycles. The number of benzene rings is 1. The number of likely N-dealkylation sites (tertiary alicyclic amines) is 1. The van der Waals surface area contributed by atoms with Gasteiger partial charge in [0.2, 0.25) is 5.95 Å². The van der Waals surface area contributed by atoms with Crippen LogP contribution in [0, 0.1) is 0 Å². The summed E-state index contributed by atoms with van der Waals surface area (Å²) in [6, 6.07) is 8.53. The summed E-state index contributed by atoms with van der Waals surface area (Å²) in [4.78, 5) is 27.6. The van der Waals surface area contributed by atoms with E-state index in [9.17, 15) is 20.1 Å². The van der Waals surface area contributed by atoms with Crippen molar-refractivity contribution in [2.45, 2.75) is 18.1 Å². The zero-order chi connectivity index (χ0) is 25.3. The average molecular weight is 508 g/mol. The number of carbonyl (C=O) groups is 1. The number of aromatic nitrogens is 5. The molecule has 186 valence electrons. The molecule has 5 rings (SSSR count). The number of hydrogen-bond donors (Lipinski definition) is 4. The van der Waals surface area contributed by atoms with Crippen LogP contribution in [0.15, 0.2) is 54.3 Å². The molecule has 0 spiro atoms. The maximum atomic E-state index is 12.5. The molecule has 0 aliphatic carbocycles. The van der Waals surface area contributed by atoms with Gasteiger partial charge in [-0.3, -0.25) is 9.48 Å². The fourth-order valence-electron chi connectivity index (χ4n) is 4.08. The molecular weight excluding hydrogens is 482 g/mol. The van der Waals surface area contributed by atoms with Gasteiger partial charge in [-0.1, -0.05) is 18.2 Å². The molecule has 1 atom stereocenters. The fraction of sp³-hybridized carbons (Fsp3) is 0.292. The summed E-state index contributed by atoms with van der Waals surface area (Å²) in [6.45, 7) is 0.0474. The second-order valence-corrected chi connectivity index (χ2v) is 9.43. The Kier molecular flexibility index (Phi) is 6.49. The molecule has 4 heterocycles. The standard InChI is InChI=1S/C24H25N7O4S/c1-30-8-6-24(35,22(30)34)16-4-2-3-15(9-16)20-14-36-21(28-20)19-5-7-25-23(29-19)27-17-10-26-31(11-17)18(12-32)13-33/h2-5,7,9-11,14,18,32-33,35H,6,8,12-13H2,1H3,(H,25,27,29). The fourth-order valence-corrected chi connectivity index (χ4v) is 4.87. The second-order valence-electron chi connectivity index (χ2n) is 8.57. The van der Waals surface area contributed by atoms with Crippen molar-refractivity contribution >= 4 is 28.9 Å². The predicted octanol–water partition coefficient (Wildman–Crippen LogP) is 1.78. The minimum atomic E-state index is -1.51. The predicted molar refractivity (Wildman–Crippen MR) is 133 cm³/mol. The van der Waals surface area contributed by atoms with Gasteiger partial charge in [0.25, 0.3) is 5.91 Å².